The minimum absolute atomic E-state index is 0.116. The van der Waals surface area contributed by atoms with Crippen LogP contribution in [0.5, 0.6) is 0 Å². The van der Waals surface area contributed by atoms with Gasteiger partial charge in [-0.2, -0.15) is 12.6 Å². The zero-order chi connectivity index (χ0) is 23.8. The van der Waals surface area contributed by atoms with Crippen molar-refractivity contribution in [2.75, 3.05) is 6.61 Å². The summed E-state index contributed by atoms with van der Waals surface area (Å²) in [4.78, 5) is 49.9. The predicted molar refractivity (Wildman–Crippen MR) is 115 cm³/mol. The van der Waals surface area contributed by atoms with Crippen LogP contribution in [0.3, 0.4) is 0 Å². The summed E-state index contributed by atoms with van der Waals surface area (Å²) < 4.78 is 12.2. The van der Waals surface area contributed by atoms with Crippen molar-refractivity contribution in [3.63, 3.8) is 0 Å². The van der Waals surface area contributed by atoms with Crippen molar-refractivity contribution in [3.8, 4) is 0 Å². The van der Waals surface area contributed by atoms with E-state index in [0.717, 1.165) is 0 Å². The normalized spacial score (nSPS) is 26.2. The van der Waals surface area contributed by atoms with Gasteiger partial charge in [0.05, 0.1) is 18.8 Å². The van der Waals surface area contributed by atoms with Crippen LogP contribution >= 0.6 is 12.6 Å². The fourth-order valence-corrected chi connectivity index (χ4v) is 4.54. The average Bonchev–Trinajstić information content (AvgIpc) is 3.22. The van der Waals surface area contributed by atoms with E-state index in [-0.39, 0.29) is 23.5 Å². The SMILES string of the molecule is CC(C)(C)OC(=O)N[C@H]1C(=O)N2[C@H]1C(S)C(C)(C)[C@H]2C(=O)OCCCn1cc(C=O)nn1. The molecule has 2 aliphatic heterocycles. The largest absolute Gasteiger partial charge is 0.464 e. The molecule has 4 atom stereocenters. The zero-order valence-electron chi connectivity index (χ0n) is 18.8. The third kappa shape index (κ3) is 4.59. The highest BCUT2D eigenvalue weighted by atomic mass is 32.1. The number of carbonyl (C=O) groups excluding carboxylic acids is 4. The summed E-state index contributed by atoms with van der Waals surface area (Å²) in [6.45, 7) is 9.44. The topological polar surface area (TPSA) is 133 Å². The van der Waals surface area contributed by atoms with Crippen molar-refractivity contribution in [1.82, 2.24) is 25.2 Å². The van der Waals surface area contributed by atoms with E-state index in [9.17, 15) is 19.2 Å². The van der Waals surface area contributed by atoms with Crippen LogP contribution in [-0.2, 0) is 25.6 Å². The maximum Gasteiger partial charge on any atom is 0.408 e. The van der Waals surface area contributed by atoms with Crippen molar-refractivity contribution in [3.05, 3.63) is 11.9 Å². The first-order valence-corrected chi connectivity index (χ1v) is 10.9. The maximum atomic E-state index is 12.9. The van der Waals surface area contributed by atoms with Crippen molar-refractivity contribution >= 4 is 36.9 Å². The van der Waals surface area contributed by atoms with Gasteiger partial charge >= 0.3 is 12.1 Å². The van der Waals surface area contributed by atoms with E-state index in [1.165, 1.54) is 15.8 Å². The highest BCUT2D eigenvalue weighted by molar-refractivity contribution is 7.81. The van der Waals surface area contributed by atoms with E-state index in [2.05, 4.69) is 28.3 Å². The number of ether oxygens (including phenoxy) is 2. The number of nitrogens with zero attached hydrogens (tertiary/aromatic N) is 4. The summed E-state index contributed by atoms with van der Waals surface area (Å²) in [6, 6.07) is -2.06. The molecule has 0 bridgehead atoms. The summed E-state index contributed by atoms with van der Waals surface area (Å²) in [5.41, 5.74) is -1.14. The lowest BCUT2D eigenvalue weighted by molar-refractivity contribution is -0.165. The Kier molecular flexibility index (Phi) is 6.55. The molecule has 2 fully saturated rings. The molecule has 2 amide bonds. The van der Waals surface area contributed by atoms with Crippen LogP contribution in [0.25, 0.3) is 0 Å². The number of aryl methyl sites for hydroxylation is 1. The molecule has 32 heavy (non-hydrogen) atoms. The highest BCUT2D eigenvalue weighted by Crippen LogP contribution is 2.49. The smallest absolute Gasteiger partial charge is 0.408 e. The van der Waals surface area contributed by atoms with Gasteiger partial charge in [-0.1, -0.05) is 19.1 Å². The molecule has 0 aliphatic carbocycles. The molecule has 12 heteroatoms. The molecule has 2 aliphatic rings. The molecule has 3 rings (SSSR count). The molecule has 2 saturated heterocycles. The van der Waals surface area contributed by atoms with Crippen LogP contribution in [0.1, 0.15) is 51.5 Å². The Morgan fingerprint density at radius 3 is 2.62 bits per heavy atom. The Balaban J connectivity index is 1.58. The van der Waals surface area contributed by atoms with Gasteiger partial charge in [0.1, 0.15) is 23.4 Å². The van der Waals surface area contributed by atoms with E-state index in [1.807, 2.05) is 13.8 Å². The first-order valence-electron chi connectivity index (χ1n) is 10.4. The molecule has 1 aromatic rings. The number of carbonyl (C=O) groups is 4. The summed E-state index contributed by atoms with van der Waals surface area (Å²) >= 11 is 4.67. The monoisotopic (exact) mass is 467 g/mol. The number of fused-ring (bicyclic) bond motifs is 1. The number of aldehydes is 1. The summed E-state index contributed by atoms with van der Waals surface area (Å²) in [5, 5.41) is 9.72. The van der Waals surface area contributed by atoms with Gasteiger partial charge in [0.2, 0.25) is 5.91 Å². The van der Waals surface area contributed by atoms with Crippen molar-refractivity contribution in [2.24, 2.45) is 5.41 Å². The Bertz CT molecular complexity index is 911. The minimum Gasteiger partial charge on any atom is -0.464 e. The Hall–Kier alpha value is -2.63. The molecule has 0 radical (unpaired) electrons. The molecule has 1 unspecified atom stereocenters. The molecule has 0 saturated carbocycles. The molecular weight excluding hydrogens is 438 g/mol. The van der Waals surface area contributed by atoms with Crippen LogP contribution in [0, 0.1) is 5.41 Å². The maximum absolute atomic E-state index is 12.9. The second-order valence-electron chi connectivity index (χ2n) is 9.57. The van der Waals surface area contributed by atoms with E-state index < -0.39 is 41.2 Å². The number of hydrogen-bond donors (Lipinski definition) is 2. The standard InChI is InChI=1S/C20H29N5O6S/c1-19(2,3)31-18(29)21-12-13-15(32)20(4,5)14(25(13)16(12)27)17(28)30-8-6-7-24-9-11(10-26)22-23-24/h9-10,12-15,32H,6-8H2,1-5H3,(H,21,29)/t12-,13-,14-,15?/m1/s1. The van der Waals surface area contributed by atoms with E-state index in [0.29, 0.717) is 19.3 Å². The predicted octanol–water partition coefficient (Wildman–Crippen LogP) is 0.835. The van der Waals surface area contributed by atoms with Crippen molar-refractivity contribution in [1.29, 1.82) is 0 Å². The number of thiol groups is 1. The van der Waals surface area contributed by atoms with Crippen LogP contribution in [0.2, 0.25) is 0 Å². The van der Waals surface area contributed by atoms with Crippen molar-refractivity contribution in [2.45, 2.75) is 76.6 Å². The Morgan fingerprint density at radius 1 is 1.34 bits per heavy atom. The van der Waals surface area contributed by atoms with Gasteiger partial charge in [0.15, 0.2) is 6.29 Å². The Labute approximate surface area is 191 Å². The summed E-state index contributed by atoms with van der Waals surface area (Å²) in [7, 11) is 0. The second kappa shape index (κ2) is 8.72. The van der Waals surface area contributed by atoms with Gasteiger partial charge < -0.3 is 19.7 Å². The van der Waals surface area contributed by atoms with Crippen molar-refractivity contribution < 1.29 is 28.7 Å². The number of β-lactam (4-membered cyclic amide) rings is 1. The van der Waals surface area contributed by atoms with Gasteiger partial charge in [-0.3, -0.25) is 14.3 Å². The van der Waals surface area contributed by atoms with Crippen LogP contribution < -0.4 is 5.32 Å². The van der Waals surface area contributed by atoms with Gasteiger partial charge in [-0.05, 0) is 20.8 Å². The fraction of sp³-hybridized carbons (Fsp3) is 0.700. The van der Waals surface area contributed by atoms with Gasteiger partial charge in [0, 0.05) is 23.6 Å². The third-order valence-corrected chi connectivity index (χ3v) is 6.57. The number of amides is 2. The number of alkyl carbamates (subject to hydrolysis) is 1. The quantitative estimate of drug-likeness (QED) is 0.198. The van der Waals surface area contributed by atoms with Gasteiger partial charge in [-0.15, -0.1) is 5.10 Å². The van der Waals surface area contributed by atoms with Crippen LogP contribution in [0.15, 0.2) is 6.20 Å². The lowest BCUT2D eigenvalue weighted by Gasteiger charge is -2.45. The molecular formula is C20H29N5O6S. The fourth-order valence-electron chi connectivity index (χ4n) is 4.08. The van der Waals surface area contributed by atoms with Crippen LogP contribution in [-0.4, -0.2) is 79.7 Å². The number of aromatic nitrogens is 3. The first kappa shape index (κ1) is 24.0. The minimum atomic E-state index is -0.813. The third-order valence-electron chi connectivity index (χ3n) is 5.60. The lowest BCUT2D eigenvalue weighted by atomic mass is 9.82. The lowest BCUT2D eigenvalue weighted by Crippen LogP contribution is -2.72. The molecule has 1 N–H and O–H groups in total. The molecule has 3 heterocycles. The molecule has 0 aromatic carbocycles. The second-order valence-corrected chi connectivity index (χ2v) is 10.1. The van der Waals surface area contributed by atoms with E-state index in [4.69, 9.17) is 9.47 Å². The number of nitrogens with one attached hydrogen (secondary N) is 1. The first-order chi connectivity index (χ1) is 14.9. The number of rotatable bonds is 7. The van der Waals surface area contributed by atoms with Gasteiger partial charge in [0.25, 0.3) is 0 Å². The van der Waals surface area contributed by atoms with E-state index >= 15 is 0 Å². The molecule has 176 valence electrons. The molecule has 1 aromatic heterocycles. The van der Waals surface area contributed by atoms with E-state index in [1.54, 1.807) is 20.8 Å². The van der Waals surface area contributed by atoms with Gasteiger partial charge in [-0.25, -0.2) is 9.59 Å². The molecule has 11 nitrogen and oxygen atoms in total. The summed E-state index contributed by atoms with van der Waals surface area (Å²) in [6.07, 6.45) is 1.88. The zero-order valence-corrected chi connectivity index (χ0v) is 19.7. The number of hydrogen-bond acceptors (Lipinski definition) is 9. The molecule has 0 spiro atoms. The average molecular weight is 468 g/mol. The van der Waals surface area contributed by atoms with Crippen LogP contribution in [0.4, 0.5) is 4.79 Å². The highest BCUT2D eigenvalue weighted by Gasteiger charge is 2.68. The summed E-state index contributed by atoms with van der Waals surface area (Å²) in [5.74, 6) is -0.885. The Morgan fingerprint density at radius 2 is 2.03 bits per heavy atom. The number of esters is 1.